The molecule has 0 bridgehead atoms. The van der Waals surface area contributed by atoms with E-state index < -0.39 is 0 Å². The van der Waals surface area contributed by atoms with Gasteiger partial charge in [-0.15, -0.1) is 11.6 Å². The van der Waals surface area contributed by atoms with Crippen molar-refractivity contribution in [3.8, 4) is 0 Å². The van der Waals surface area contributed by atoms with Gasteiger partial charge >= 0.3 is 0 Å². The number of imidazole rings is 1. The van der Waals surface area contributed by atoms with Gasteiger partial charge in [0, 0.05) is 24.5 Å². The van der Waals surface area contributed by atoms with Crippen LogP contribution in [0.25, 0.3) is 11.2 Å². The minimum absolute atomic E-state index is 0.390. The summed E-state index contributed by atoms with van der Waals surface area (Å²) in [6, 6.07) is 4.34. The summed E-state index contributed by atoms with van der Waals surface area (Å²) in [5, 5.41) is 0. The molecule has 0 saturated heterocycles. The largest absolute Gasteiger partial charge is 0.310 e. The molecule has 0 amide bonds. The van der Waals surface area contributed by atoms with E-state index in [2.05, 4.69) is 28.4 Å². The summed E-state index contributed by atoms with van der Waals surface area (Å²) in [6.45, 7) is 4.34. The predicted octanol–water partition coefficient (Wildman–Crippen LogP) is 3.57. The second-order valence-electron chi connectivity index (χ2n) is 4.48. The number of rotatable bonds is 5. The molecule has 0 saturated carbocycles. The zero-order valence-electron chi connectivity index (χ0n) is 10.4. The summed E-state index contributed by atoms with van der Waals surface area (Å²) in [4.78, 5) is 9.09. The minimum atomic E-state index is 0.390. The minimum Gasteiger partial charge on any atom is -0.310 e. The number of hydrogen-bond acceptors (Lipinski definition) is 2. The standard InChI is InChI=1S/C13H18ClN3/c1-10(2)17-12(7-3-4-8-14)16-11-6-5-9-15-13(11)17/h5-6,9-10H,3-4,7-8H2,1-2H3. The van der Waals surface area contributed by atoms with E-state index in [0.29, 0.717) is 6.04 Å². The van der Waals surface area contributed by atoms with E-state index in [4.69, 9.17) is 11.6 Å². The number of alkyl halides is 1. The van der Waals surface area contributed by atoms with E-state index in [1.54, 1.807) is 0 Å². The van der Waals surface area contributed by atoms with Crippen LogP contribution in [-0.2, 0) is 6.42 Å². The van der Waals surface area contributed by atoms with Gasteiger partial charge in [-0.25, -0.2) is 9.97 Å². The lowest BCUT2D eigenvalue weighted by Gasteiger charge is -2.11. The summed E-state index contributed by atoms with van der Waals surface area (Å²) in [6.07, 6.45) is 4.92. The van der Waals surface area contributed by atoms with Crippen LogP contribution >= 0.6 is 11.6 Å². The summed E-state index contributed by atoms with van der Waals surface area (Å²) in [7, 11) is 0. The molecule has 0 N–H and O–H groups in total. The summed E-state index contributed by atoms with van der Waals surface area (Å²) < 4.78 is 2.23. The van der Waals surface area contributed by atoms with E-state index in [1.807, 2.05) is 18.3 Å². The Labute approximate surface area is 107 Å². The maximum atomic E-state index is 5.71. The van der Waals surface area contributed by atoms with Crippen LogP contribution in [0, 0.1) is 0 Å². The fraction of sp³-hybridized carbons (Fsp3) is 0.538. The molecule has 2 aromatic rings. The summed E-state index contributed by atoms with van der Waals surface area (Å²) in [5.74, 6) is 1.85. The summed E-state index contributed by atoms with van der Waals surface area (Å²) in [5.41, 5.74) is 1.98. The third-order valence-electron chi connectivity index (χ3n) is 2.82. The zero-order chi connectivity index (χ0) is 12.3. The van der Waals surface area contributed by atoms with E-state index in [1.165, 1.54) is 0 Å². The molecule has 0 atom stereocenters. The molecule has 0 radical (unpaired) electrons. The molecule has 0 aliphatic heterocycles. The van der Waals surface area contributed by atoms with Crippen molar-refractivity contribution in [3.05, 3.63) is 24.2 Å². The molecule has 3 nitrogen and oxygen atoms in total. The lowest BCUT2D eigenvalue weighted by atomic mass is 10.2. The Morgan fingerprint density at radius 3 is 2.88 bits per heavy atom. The van der Waals surface area contributed by atoms with Gasteiger partial charge in [-0.1, -0.05) is 0 Å². The fourth-order valence-corrected chi connectivity index (χ4v) is 2.26. The van der Waals surface area contributed by atoms with Crippen molar-refractivity contribution < 1.29 is 0 Å². The molecule has 17 heavy (non-hydrogen) atoms. The Hall–Kier alpha value is -1.09. The number of halogens is 1. The topological polar surface area (TPSA) is 30.7 Å². The van der Waals surface area contributed by atoms with Gasteiger partial charge in [-0.05, 0) is 38.8 Å². The van der Waals surface area contributed by atoms with Crippen molar-refractivity contribution in [3.63, 3.8) is 0 Å². The highest BCUT2D eigenvalue weighted by atomic mass is 35.5. The highest BCUT2D eigenvalue weighted by Gasteiger charge is 2.13. The first-order valence-corrected chi connectivity index (χ1v) is 6.65. The number of nitrogens with zero attached hydrogens (tertiary/aromatic N) is 3. The van der Waals surface area contributed by atoms with Crippen molar-refractivity contribution in [2.75, 3.05) is 5.88 Å². The average Bonchev–Trinajstić information content (AvgIpc) is 2.67. The number of hydrogen-bond donors (Lipinski definition) is 0. The Kier molecular flexibility index (Phi) is 4.00. The first-order chi connectivity index (χ1) is 8.24. The molecule has 0 aliphatic rings. The van der Waals surface area contributed by atoms with Crippen molar-refractivity contribution in [2.45, 2.75) is 39.2 Å². The van der Waals surface area contributed by atoms with Crippen LogP contribution in [0.4, 0.5) is 0 Å². The third-order valence-corrected chi connectivity index (χ3v) is 3.09. The average molecular weight is 252 g/mol. The van der Waals surface area contributed by atoms with Gasteiger partial charge < -0.3 is 4.57 Å². The number of aromatic nitrogens is 3. The molecule has 2 heterocycles. The number of aryl methyl sites for hydroxylation is 1. The second-order valence-corrected chi connectivity index (χ2v) is 4.86. The SMILES string of the molecule is CC(C)n1c(CCCCCl)nc2cccnc21. The molecule has 0 fully saturated rings. The van der Waals surface area contributed by atoms with Gasteiger partial charge in [0.25, 0.3) is 0 Å². The Balaban J connectivity index is 2.36. The van der Waals surface area contributed by atoms with Crippen LogP contribution in [0.1, 0.15) is 38.6 Å². The molecule has 2 aromatic heterocycles. The van der Waals surface area contributed by atoms with Crippen molar-refractivity contribution in [2.24, 2.45) is 0 Å². The van der Waals surface area contributed by atoms with E-state index in [0.717, 1.165) is 42.1 Å². The molecule has 2 rings (SSSR count). The first-order valence-electron chi connectivity index (χ1n) is 6.12. The lowest BCUT2D eigenvalue weighted by molar-refractivity contribution is 0.570. The number of fused-ring (bicyclic) bond motifs is 1. The molecule has 0 unspecified atom stereocenters. The van der Waals surface area contributed by atoms with Crippen LogP contribution in [0.15, 0.2) is 18.3 Å². The smallest absolute Gasteiger partial charge is 0.160 e. The number of unbranched alkanes of at least 4 members (excludes halogenated alkanes) is 1. The van der Waals surface area contributed by atoms with Gasteiger partial charge in [0.05, 0.1) is 0 Å². The molecule has 92 valence electrons. The maximum absolute atomic E-state index is 5.71. The van der Waals surface area contributed by atoms with Crippen LogP contribution in [0.5, 0.6) is 0 Å². The van der Waals surface area contributed by atoms with Crippen LogP contribution in [0.2, 0.25) is 0 Å². The maximum Gasteiger partial charge on any atom is 0.160 e. The molecular formula is C13H18ClN3. The van der Waals surface area contributed by atoms with Crippen molar-refractivity contribution in [1.29, 1.82) is 0 Å². The van der Waals surface area contributed by atoms with E-state index in [9.17, 15) is 0 Å². The monoisotopic (exact) mass is 251 g/mol. The predicted molar refractivity (Wildman–Crippen MR) is 71.6 cm³/mol. The highest BCUT2D eigenvalue weighted by Crippen LogP contribution is 2.20. The molecule has 0 spiro atoms. The van der Waals surface area contributed by atoms with Gasteiger partial charge in [0.1, 0.15) is 11.3 Å². The van der Waals surface area contributed by atoms with Crippen molar-refractivity contribution >= 4 is 22.8 Å². The Morgan fingerprint density at radius 1 is 1.35 bits per heavy atom. The second kappa shape index (κ2) is 5.50. The lowest BCUT2D eigenvalue weighted by Crippen LogP contribution is -2.07. The van der Waals surface area contributed by atoms with Gasteiger partial charge in [-0.2, -0.15) is 0 Å². The normalized spacial score (nSPS) is 11.5. The van der Waals surface area contributed by atoms with E-state index >= 15 is 0 Å². The fourth-order valence-electron chi connectivity index (χ4n) is 2.07. The zero-order valence-corrected chi connectivity index (χ0v) is 11.1. The summed E-state index contributed by atoms with van der Waals surface area (Å²) >= 11 is 5.71. The number of pyridine rings is 1. The Bertz CT molecular complexity index is 490. The van der Waals surface area contributed by atoms with Crippen LogP contribution in [0.3, 0.4) is 0 Å². The first kappa shape index (κ1) is 12.4. The Morgan fingerprint density at radius 2 is 2.18 bits per heavy atom. The van der Waals surface area contributed by atoms with Crippen LogP contribution in [-0.4, -0.2) is 20.4 Å². The van der Waals surface area contributed by atoms with Crippen molar-refractivity contribution in [1.82, 2.24) is 14.5 Å². The van der Waals surface area contributed by atoms with Crippen LogP contribution < -0.4 is 0 Å². The van der Waals surface area contributed by atoms with Gasteiger partial charge in [-0.3, -0.25) is 0 Å². The molecular weight excluding hydrogens is 234 g/mol. The molecule has 4 heteroatoms. The molecule has 0 aromatic carbocycles. The highest BCUT2D eigenvalue weighted by molar-refractivity contribution is 6.17. The molecule has 0 aliphatic carbocycles. The van der Waals surface area contributed by atoms with Gasteiger partial charge in [0.2, 0.25) is 0 Å². The van der Waals surface area contributed by atoms with Gasteiger partial charge in [0.15, 0.2) is 5.65 Å². The quantitative estimate of drug-likeness (QED) is 0.601. The van der Waals surface area contributed by atoms with E-state index in [-0.39, 0.29) is 0 Å². The third kappa shape index (κ3) is 2.60.